The molecule has 0 bridgehead atoms. The molecule has 0 radical (unpaired) electrons. The number of amides is 1. The van der Waals surface area contributed by atoms with Crippen molar-refractivity contribution >= 4 is 29.3 Å². The number of nitrogens with zero attached hydrogens (tertiary/aromatic N) is 1. The summed E-state index contributed by atoms with van der Waals surface area (Å²) in [6, 6.07) is 13.1. The number of carbonyl (C=O) groups is 1. The summed E-state index contributed by atoms with van der Waals surface area (Å²) in [7, 11) is 0. The standard InChI is InChI=1S/C18H15ClFN3OS/c19-15-4-2-1-3-14(15)17(24)21-9-10-25-18-22-11-16(23-18)12-5-7-13(20)8-6-12/h1-8,11H,9-10H2,(H,21,24)(H,22,23). The van der Waals surface area contributed by atoms with Crippen LogP contribution in [0.15, 0.2) is 59.9 Å². The summed E-state index contributed by atoms with van der Waals surface area (Å²) in [5, 5.41) is 4.00. The molecule has 0 aliphatic carbocycles. The molecule has 0 saturated carbocycles. The largest absolute Gasteiger partial charge is 0.351 e. The number of hydrogen-bond acceptors (Lipinski definition) is 3. The van der Waals surface area contributed by atoms with E-state index in [2.05, 4.69) is 15.3 Å². The first-order valence-electron chi connectivity index (χ1n) is 7.60. The molecule has 0 fully saturated rings. The fourth-order valence-electron chi connectivity index (χ4n) is 2.21. The minimum Gasteiger partial charge on any atom is -0.351 e. The second kappa shape index (κ2) is 8.18. The molecule has 0 atom stereocenters. The third kappa shape index (κ3) is 4.61. The molecular formula is C18H15ClFN3OS. The number of aromatic nitrogens is 2. The lowest BCUT2D eigenvalue weighted by molar-refractivity contribution is 0.0956. The van der Waals surface area contributed by atoms with Gasteiger partial charge >= 0.3 is 0 Å². The van der Waals surface area contributed by atoms with E-state index in [1.807, 2.05) is 0 Å². The highest BCUT2D eigenvalue weighted by molar-refractivity contribution is 7.99. The van der Waals surface area contributed by atoms with Crippen LogP contribution in [0.1, 0.15) is 10.4 Å². The van der Waals surface area contributed by atoms with Gasteiger partial charge in [0, 0.05) is 12.3 Å². The Bertz CT molecular complexity index is 867. The first-order valence-corrected chi connectivity index (χ1v) is 8.96. The van der Waals surface area contributed by atoms with Gasteiger partial charge in [0.05, 0.1) is 22.5 Å². The summed E-state index contributed by atoms with van der Waals surface area (Å²) in [4.78, 5) is 19.5. The Kier molecular flexibility index (Phi) is 5.73. The number of aromatic amines is 1. The number of rotatable bonds is 6. The van der Waals surface area contributed by atoms with Crippen molar-refractivity contribution in [3.63, 3.8) is 0 Å². The Balaban J connectivity index is 1.49. The van der Waals surface area contributed by atoms with Gasteiger partial charge in [-0.1, -0.05) is 35.5 Å². The van der Waals surface area contributed by atoms with Gasteiger partial charge < -0.3 is 10.3 Å². The van der Waals surface area contributed by atoms with E-state index in [-0.39, 0.29) is 11.7 Å². The van der Waals surface area contributed by atoms with Gasteiger partial charge in [-0.3, -0.25) is 4.79 Å². The lowest BCUT2D eigenvalue weighted by Crippen LogP contribution is -2.25. The Morgan fingerprint density at radius 1 is 1.20 bits per heavy atom. The Labute approximate surface area is 153 Å². The second-order valence-corrected chi connectivity index (χ2v) is 6.68. The zero-order chi connectivity index (χ0) is 17.6. The van der Waals surface area contributed by atoms with Crippen LogP contribution in [0, 0.1) is 5.82 Å². The van der Waals surface area contributed by atoms with Gasteiger partial charge in [-0.2, -0.15) is 0 Å². The smallest absolute Gasteiger partial charge is 0.252 e. The molecule has 0 aliphatic rings. The fourth-order valence-corrected chi connectivity index (χ4v) is 3.13. The molecule has 3 rings (SSSR count). The van der Waals surface area contributed by atoms with E-state index in [1.165, 1.54) is 23.9 Å². The molecule has 0 unspecified atom stereocenters. The molecule has 7 heteroatoms. The maximum atomic E-state index is 13.0. The number of thioether (sulfide) groups is 1. The maximum absolute atomic E-state index is 13.0. The topological polar surface area (TPSA) is 57.8 Å². The van der Waals surface area contributed by atoms with E-state index < -0.39 is 0 Å². The minimum atomic E-state index is -0.271. The summed E-state index contributed by atoms with van der Waals surface area (Å²) in [6.45, 7) is 0.487. The number of nitrogens with one attached hydrogen (secondary N) is 2. The van der Waals surface area contributed by atoms with Crippen molar-refractivity contribution in [1.29, 1.82) is 0 Å². The number of benzene rings is 2. The molecule has 3 aromatic rings. The van der Waals surface area contributed by atoms with Crippen molar-refractivity contribution < 1.29 is 9.18 Å². The third-order valence-electron chi connectivity index (χ3n) is 3.45. The number of carbonyl (C=O) groups excluding carboxylic acids is 1. The molecule has 2 aromatic carbocycles. The van der Waals surface area contributed by atoms with Crippen molar-refractivity contribution in [2.75, 3.05) is 12.3 Å². The first kappa shape index (κ1) is 17.5. The highest BCUT2D eigenvalue weighted by atomic mass is 35.5. The van der Waals surface area contributed by atoms with Crippen LogP contribution < -0.4 is 5.32 Å². The van der Waals surface area contributed by atoms with Crippen LogP contribution in [-0.4, -0.2) is 28.2 Å². The third-order valence-corrected chi connectivity index (χ3v) is 4.67. The number of halogens is 2. The fraction of sp³-hybridized carbons (Fsp3) is 0.111. The highest BCUT2D eigenvalue weighted by Gasteiger charge is 2.09. The molecule has 4 nitrogen and oxygen atoms in total. The van der Waals surface area contributed by atoms with Gasteiger partial charge in [0.15, 0.2) is 5.16 Å². The maximum Gasteiger partial charge on any atom is 0.252 e. The van der Waals surface area contributed by atoms with Crippen LogP contribution in [0.2, 0.25) is 5.02 Å². The van der Waals surface area contributed by atoms with Crippen LogP contribution in [-0.2, 0) is 0 Å². The summed E-state index contributed by atoms with van der Waals surface area (Å²) >= 11 is 7.49. The summed E-state index contributed by atoms with van der Waals surface area (Å²) in [5.74, 6) is 0.191. The minimum absolute atomic E-state index is 0.197. The SMILES string of the molecule is O=C(NCCSc1ncc(-c2ccc(F)cc2)[nH]1)c1ccccc1Cl. The van der Waals surface area contributed by atoms with Crippen LogP contribution in [0.4, 0.5) is 4.39 Å². The molecule has 0 aliphatic heterocycles. The van der Waals surface area contributed by atoms with E-state index in [9.17, 15) is 9.18 Å². The van der Waals surface area contributed by atoms with Crippen molar-refractivity contribution in [2.45, 2.75) is 5.16 Å². The normalized spacial score (nSPS) is 10.6. The van der Waals surface area contributed by atoms with E-state index in [1.54, 1.807) is 42.6 Å². The zero-order valence-electron chi connectivity index (χ0n) is 13.1. The molecule has 128 valence electrons. The van der Waals surface area contributed by atoms with E-state index in [0.717, 1.165) is 16.4 Å². The Hall–Kier alpha value is -2.31. The van der Waals surface area contributed by atoms with Gasteiger partial charge in [-0.25, -0.2) is 9.37 Å². The predicted octanol–water partition coefficient (Wildman–Crippen LogP) is 4.39. The lowest BCUT2D eigenvalue weighted by Gasteiger charge is -2.05. The molecule has 25 heavy (non-hydrogen) atoms. The molecule has 1 amide bonds. The van der Waals surface area contributed by atoms with E-state index >= 15 is 0 Å². The van der Waals surface area contributed by atoms with Gasteiger partial charge in [0.1, 0.15) is 5.82 Å². The van der Waals surface area contributed by atoms with Crippen LogP contribution in [0.5, 0.6) is 0 Å². The van der Waals surface area contributed by atoms with Crippen LogP contribution in [0.3, 0.4) is 0 Å². The van der Waals surface area contributed by atoms with Gasteiger partial charge in [0.2, 0.25) is 0 Å². The van der Waals surface area contributed by atoms with Crippen molar-refractivity contribution in [2.24, 2.45) is 0 Å². The van der Waals surface area contributed by atoms with Crippen molar-refractivity contribution in [3.05, 3.63) is 71.1 Å². The average molecular weight is 376 g/mol. The molecule has 2 N–H and O–H groups in total. The molecule has 1 aromatic heterocycles. The summed E-state index contributed by atoms with van der Waals surface area (Å²) in [6.07, 6.45) is 1.71. The zero-order valence-corrected chi connectivity index (χ0v) is 14.7. The number of imidazole rings is 1. The molecule has 0 saturated heterocycles. The molecular weight excluding hydrogens is 361 g/mol. The van der Waals surface area contributed by atoms with Crippen LogP contribution in [0.25, 0.3) is 11.3 Å². The molecule has 0 spiro atoms. The second-order valence-electron chi connectivity index (χ2n) is 5.19. The van der Waals surface area contributed by atoms with Crippen molar-refractivity contribution in [3.8, 4) is 11.3 Å². The van der Waals surface area contributed by atoms with Crippen molar-refractivity contribution in [1.82, 2.24) is 15.3 Å². The Morgan fingerprint density at radius 3 is 2.72 bits per heavy atom. The van der Waals surface area contributed by atoms with Gasteiger partial charge in [-0.15, -0.1) is 0 Å². The lowest BCUT2D eigenvalue weighted by atomic mass is 10.2. The van der Waals surface area contributed by atoms with Gasteiger partial charge in [0.25, 0.3) is 5.91 Å². The first-order chi connectivity index (χ1) is 12.1. The summed E-state index contributed by atoms with van der Waals surface area (Å²) in [5.41, 5.74) is 2.15. The molecule has 1 heterocycles. The summed E-state index contributed by atoms with van der Waals surface area (Å²) < 4.78 is 13.0. The quantitative estimate of drug-likeness (QED) is 0.496. The van der Waals surface area contributed by atoms with Crippen LogP contribution >= 0.6 is 23.4 Å². The van der Waals surface area contributed by atoms with E-state index in [4.69, 9.17) is 11.6 Å². The number of hydrogen-bond donors (Lipinski definition) is 2. The number of H-pyrrole nitrogens is 1. The Morgan fingerprint density at radius 2 is 1.96 bits per heavy atom. The van der Waals surface area contributed by atoms with Gasteiger partial charge in [-0.05, 0) is 42.0 Å². The van der Waals surface area contributed by atoms with E-state index in [0.29, 0.717) is 22.9 Å². The average Bonchev–Trinajstić information content (AvgIpc) is 3.08. The predicted molar refractivity (Wildman–Crippen MR) is 98.5 cm³/mol. The monoisotopic (exact) mass is 375 g/mol. The highest BCUT2D eigenvalue weighted by Crippen LogP contribution is 2.21.